The van der Waals surface area contributed by atoms with E-state index in [2.05, 4.69) is 28.1 Å². The van der Waals surface area contributed by atoms with E-state index in [1.807, 2.05) is 18.2 Å². The lowest BCUT2D eigenvalue weighted by Crippen LogP contribution is -2.44. The fraction of sp³-hybridized carbons (Fsp3) is 0.353. The first-order valence-corrected chi connectivity index (χ1v) is 7.46. The van der Waals surface area contributed by atoms with Gasteiger partial charge in [-0.2, -0.15) is 0 Å². The van der Waals surface area contributed by atoms with E-state index in [0.717, 1.165) is 49.8 Å². The molecule has 0 atom stereocenters. The first-order valence-electron chi connectivity index (χ1n) is 7.46. The number of hydrogen-bond acceptors (Lipinski definition) is 4. The van der Waals surface area contributed by atoms with Crippen LogP contribution in [0.2, 0.25) is 0 Å². The highest BCUT2D eigenvalue weighted by molar-refractivity contribution is 5.51. The van der Waals surface area contributed by atoms with E-state index in [4.69, 9.17) is 10.5 Å². The number of nitrogens with two attached hydrogens (primary N) is 1. The van der Waals surface area contributed by atoms with Gasteiger partial charge in [-0.05, 0) is 25.0 Å². The molecule has 0 aliphatic carbocycles. The summed E-state index contributed by atoms with van der Waals surface area (Å²) in [6.07, 6.45) is 3.98. The molecule has 4 rings (SSSR count). The Morgan fingerprint density at radius 2 is 1.95 bits per heavy atom. The zero-order valence-electron chi connectivity index (χ0n) is 12.0. The van der Waals surface area contributed by atoms with Crippen LogP contribution in [0.1, 0.15) is 18.4 Å². The van der Waals surface area contributed by atoms with Crippen molar-refractivity contribution in [1.29, 1.82) is 0 Å². The highest BCUT2D eigenvalue weighted by Gasteiger charge is 2.42. The van der Waals surface area contributed by atoms with Crippen molar-refractivity contribution in [2.75, 3.05) is 30.3 Å². The number of nitrogens with zero attached hydrogens (tertiary/aromatic N) is 2. The number of nitrogen functional groups attached to an aromatic ring is 1. The van der Waals surface area contributed by atoms with Gasteiger partial charge in [0.05, 0.1) is 6.61 Å². The maximum absolute atomic E-state index is 5.90. The average Bonchev–Trinajstić information content (AvgIpc) is 2.87. The van der Waals surface area contributed by atoms with Gasteiger partial charge in [0.25, 0.3) is 0 Å². The van der Waals surface area contributed by atoms with E-state index >= 15 is 0 Å². The van der Waals surface area contributed by atoms with Gasteiger partial charge in [-0.25, -0.2) is 4.98 Å². The summed E-state index contributed by atoms with van der Waals surface area (Å²) in [6.45, 7) is 2.80. The van der Waals surface area contributed by atoms with Crippen molar-refractivity contribution in [2.45, 2.75) is 18.3 Å². The smallest absolute Gasteiger partial charge is 0.130 e. The van der Waals surface area contributed by atoms with Crippen molar-refractivity contribution in [3.05, 3.63) is 48.2 Å². The molecule has 1 aromatic carbocycles. The normalized spacial score (nSPS) is 19.3. The molecule has 108 valence electrons. The Bertz CT molecular complexity index is 663. The maximum Gasteiger partial charge on any atom is 0.130 e. The number of aromatic nitrogens is 1. The Morgan fingerprint density at radius 3 is 2.76 bits per heavy atom. The minimum Gasteiger partial charge on any atom is -0.492 e. The summed E-state index contributed by atoms with van der Waals surface area (Å²) in [4.78, 5) is 6.76. The molecule has 4 nitrogen and oxygen atoms in total. The Morgan fingerprint density at radius 1 is 1.14 bits per heavy atom. The van der Waals surface area contributed by atoms with Crippen LogP contribution in [-0.2, 0) is 5.41 Å². The fourth-order valence-electron chi connectivity index (χ4n) is 3.51. The van der Waals surface area contributed by atoms with Crippen LogP contribution in [0.25, 0.3) is 0 Å². The number of rotatable bonds is 1. The lowest BCUT2D eigenvalue weighted by atomic mass is 9.74. The van der Waals surface area contributed by atoms with Crippen molar-refractivity contribution in [2.24, 2.45) is 0 Å². The monoisotopic (exact) mass is 281 g/mol. The van der Waals surface area contributed by atoms with Gasteiger partial charge in [-0.1, -0.05) is 18.2 Å². The number of piperidine rings is 1. The number of pyridine rings is 1. The number of para-hydroxylation sites is 1. The minimum atomic E-state index is 0.188. The van der Waals surface area contributed by atoms with Crippen molar-refractivity contribution in [1.82, 2.24) is 4.98 Å². The molecule has 0 radical (unpaired) electrons. The van der Waals surface area contributed by atoms with Crippen LogP contribution < -0.4 is 15.4 Å². The molecule has 0 bridgehead atoms. The number of benzene rings is 1. The average molecular weight is 281 g/mol. The SMILES string of the molecule is Nc1ccnc(N2CCC3(CC2)COc2ccccc23)c1. The van der Waals surface area contributed by atoms with Crippen molar-refractivity contribution in [3.63, 3.8) is 0 Å². The second kappa shape index (κ2) is 4.65. The van der Waals surface area contributed by atoms with Gasteiger partial charge in [0.15, 0.2) is 0 Å². The molecule has 3 heterocycles. The summed E-state index contributed by atoms with van der Waals surface area (Å²) in [5.41, 5.74) is 8.20. The highest BCUT2D eigenvalue weighted by atomic mass is 16.5. The predicted octanol–water partition coefficient (Wildman–Crippen LogP) is 2.59. The molecular formula is C17H19N3O. The van der Waals surface area contributed by atoms with E-state index in [1.165, 1.54) is 5.56 Å². The van der Waals surface area contributed by atoms with E-state index in [1.54, 1.807) is 6.20 Å². The van der Waals surface area contributed by atoms with E-state index in [-0.39, 0.29) is 5.41 Å². The summed E-state index contributed by atoms with van der Waals surface area (Å²) in [5, 5.41) is 0. The number of anilines is 2. The van der Waals surface area contributed by atoms with E-state index in [0.29, 0.717) is 0 Å². The molecule has 0 unspecified atom stereocenters. The third-order valence-corrected chi connectivity index (χ3v) is 4.78. The van der Waals surface area contributed by atoms with Gasteiger partial charge in [0.1, 0.15) is 11.6 Å². The number of ether oxygens (including phenoxy) is 1. The van der Waals surface area contributed by atoms with Crippen LogP contribution in [0, 0.1) is 0 Å². The Balaban J connectivity index is 1.55. The van der Waals surface area contributed by atoms with Crippen LogP contribution >= 0.6 is 0 Å². The van der Waals surface area contributed by atoms with Gasteiger partial charge in [-0.3, -0.25) is 0 Å². The largest absolute Gasteiger partial charge is 0.492 e. The topological polar surface area (TPSA) is 51.4 Å². The molecule has 2 N–H and O–H groups in total. The van der Waals surface area contributed by atoms with Gasteiger partial charge in [0, 0.05) is 42.0 Å². The zero-order valence-corrected chi connectivity index (χ0v) is 12.0. The van der Waals surface area contributed by atoms with Crippen LogP contribution in [0.3, 0.4) is 0 Å². The zero-order chi connectivity index (χ0) is 14.3. The third-order valence-electron chi connectivity index (χ3n) is 4.78. The van der Waals surface area contributed by atoms with Gasteiger partial charge < -0.3 is 15.4 Å². The second-order valence-electron chi connectivity index (χ2n) is 6.00. The molecule has 2 aliphatic heterocycles. The Kier molecular flexibility index (Phi) is 2.77. The molecule has 1 spiro atoms. The summed E-state index contributed by atoms with van der Waals surface area (Å²) in [5.74, 6) is 2.05. The number of fused-ring (bicyclic) bond motifs is 2. The molecule has 2 aromatic rings. The fourth-order valence-corrected chi connectivity index (χ4v) is 3.51. The summed E-state index contributed by atoms with van der Waals surface area (Å²) in [7, 11) is 0. The Labute approximate surface area is 124 Å². The molecular weight excluding hydrogens is 262 g/mol. The number of hydrogen-bond donors (Lipinski definition) is 1. The van der Waals surface area contributed by atoms with Crippen molar-refractivity contribution < 1.29 is 4.74 Å². The molecule has 21 heavy (non-hydrogen) atoms. The minimum absolute atomic E-state index is 0.188. The summed E-state index contributed by atoms with van der Waals surface area (Å²) in [6, 6.07) is 12.2. The summed E-state index contributed by atoms with van der Waals surface area (Å²) < 4.78 is 5.90. The quantitative estimate of drug-likeness (QED) is 0.873. The standard InChI is InChI=1S/C17H19N3O/c18-13-5-8-19-16(11-13)20-9-6-17(7-10-20)12-21-15-4-2-1-3-14(15)17/h1-5,8,11H,6-7,9-10,12H2,(H2,18,19). The molecule has 0 amide bonds. The summed E-state index contributed by atoms with van der Waals surface area (Å²) >= 11 is 0. The van der Waals surface area contributed by atoms with E-state index in [9.17, 15) is 0 Å². The highest BCUT2D eigenvalue weighted by Crippen LogP contribution is 2.45. The van der Waals surface area contributed by atoms with Crippen LogP contribution in [0.4, 0.5) is 11.5 Å². The predicted molar refractivity (Wildman–Crippen MR) is 83.7 cm³/mol. The van der Waals surface area contributed by atoms with Crippen LogP contribution in [-0.4, -0.2) is 24.7 Å². The molecule has 1 aromatic heterocycles. The lowest BCUT2D eigenvalue weighted by Gasteiger charge is -2.39. The Hall–Kier alpha value is -2.23. The lowest BCUT2D eigenvalue weighted by molar-refractivity contribution is 0.230. The molecule has 2 aliphatic rings. The van der Waals surface area contributed by atoms with Crippen molar-refractivity contribution in [3.8, 4) is 5.75 Å². The molecule has 0 saturated carbocycles. The molecule has 1 saturated heterocycles. The third kappa shape index (κ3) is 2.02. The van der Waals surface area contributed by atoms with Gasteiger partial charge >= 0.3 is 0 Å². The molecule has 1 fully saturated rings. The van der Waals surface area contributed by atoms with Gasteiger partial charge in [0.2, 0.25) is 0 Å². The van der Waals surface area contributed by atoms with Crippen LogP contribution in [0.5, 0.6) is 5.75 Å². The van der Waals surface area contributed by atoms with E-state index < -0.39 is 0 Å². The van der Waals surface area contributed by atoms with Crippen molar-refractivity contribution >= 4 is 11.5 Å². The van der Waals surface area contributed by atoms with Crippen LogP contribution in [0.15, 0.2) is 42.6 Å². The second-order valence-corrected chi connectivity index (χ2v) is 6.00. The first-order chi connectivity index (χ1) is 10.3. The molecule has 4 heteroatoms. The first kappa shape index (κ1) is 12.5. The maximum atomic E-state index is 5.90. The van der Waals surface area contributed by atoms with Gasteiger partial charge in [-0.15, -0.1) is 0 Å².